The lowest BCUT2D eigenvalue weighted by atomic mass is 10.00. The monoisotopic (exact) mass is 249 g/mol. The Morgan fingerprint density at radius 2 is 2.06 bits per heavy atom. The zero-order valence-corrected chi connectivity index (χ0v) is 11.8. The van der Waals surface area contributed by atoms with Crippen LogP contribution in [0.25, 0.3) is 0 Å². The maximum Gasteiger partial charge on any atom is 0.106 e. The van der Waals surface area contributed by atoms with E-state index in [0.717, 1.165) is 36.3 Å². The van der Waals surface area contributed by atoms with Gasteiger partial charge in [0.1, 0.15) is 7.11 Å². The van der Waals surface area contributed by atoms with E-state index in [-0.39, 0.29) is 6.10 Å². The maximum absolute atomic E-state index is 5.84. The van der Waals surface area contributed by atoms with Crippen molar-refractivity contribution in [3.05, 3.63) is 35.4 Å². The van der Waals surface area contributed by atoms with E-state index < -0.39 is 0 Å². The number of unbranched alkanes of at least 4 members (excludes halogenated alkanes) is 1. The molecule has 0 aliphatic carbocycles. The van der Waals surface area contributed by atoms with E-state index in [1.54, 1.807) is 7.11 Å². The van der Waals surface area contributed by atoms with Gasteiger partial charge in [-0.15, -0.1) is 0 Å². The number of rotatable bonds is 7. The normalized spacial score (nSPS) is 13.4. The largest absolute Gasteiger partial charge is 0.399 e. The molecule has 1 atom stereocenters. The van der Waals surface area contributed by atoms with Crippen LogP contribution in [0.15, 0.2) is 29.4 Å². The molecule has 0 aromatic heterocycles. The van der Waals surface area contributed by atoms with E-state index in [4.69, 9.17) is 9.57 Å². The number of benzene rings is 1. The molecule has 0 radical (unpaired) electrons. The molecule has 1 rings (SSSR count). The second-order valence-electron chi connectivity index (χ2n) is 4.31. The summed E-state index contributed by atoms with van der Waals surface area (Å²) in [5.74, 6) is 0. The quantitative estimate of drug-likeness (QED) is 0.416. The molecule has 1 aromatic rings. The highest BCUT2D eigenvalue weighted by Gasteiger charge is 2.12. The molecule has 0 saturated heterocycles. The van der Waals surface area contributed by atoms with E-state index in [0.29, 0.717) is 0 Å². The molecule has 100 valence electrons. The average Bonchev–Trinajstić information content (AvgIpc) is 2.39. The van der Waals surface area contributed by atoms with Crippen molar-refractivity contribution in [1.82, 2.24) is 0 Å². The Morgan fingerprint density at radius 3 is 2.72 bits per heavy atom. The molecule has 0 fully saturated rings. The predicted octanol–water partition coefficient (Wildman–Crippen LogP) is 3.93. The molecule has 0 spiro atoms. The van der Waals surface area contributed by atoms with Crippen LogP contribution in [0.4, 0.5) is 0 Å². The lowest BCUT2D eigenvalue weighted by Gasteiger charge is -2.17. The summed E-state index contributed by atoms with van der Waals surface area (Å²) in [6, 6.07) is 8.17. The number of hydrogen-bond acceptors (Lipinski definition) is 3. The summed E-state index contributed by atoms with van der Waals surface area (Å²) in [6.45, 7) is 6.99. The zero-order chi connectivity index (χ0) is 13.4. The molecule has 0 heterocycles. The van der Waals surface area contributed by atoms with Crippen molar-refractivity contribution in [2.45, 2.75) is 39.7 Å². The van der Waals surface area contributed by atoms with Crippen LogP contribution in [0.3, 0.4) is 0 Å². The van der Waals surface area contributed by atoms with Gasteiger partial charge in [-0.3, -0.25) is 0 Å². The Morgan fingerprint density at radius 1 is 1.33 bits per heavy atom. The third kappa shape index (κ3) is 4.15. The van der Waals surface area contributed by atoms with Gasteiger partial charge in [0.2, 0.25) is 0 Å². The second-order valence-corrected chi connectivity index (χ2v) is 4.31. The Kier molecular flexibility index (Phi) is 6.44. The summed E-state index contributed by atoms with van der Waals surface area (Å²) in [5.41, 5.74) is 3.12. The van der Waals surface area contributed by atoms with Crippen molar-refractivity contribution < 1.29 is 9.57 Å². The highest BCUT2D eigenvalue weighted by Crippen LogP contribution is 2.22. The molecule has 0 aliphatic heterocycles. The fourth-order valence-electron chi connectivity index (χ4n) is 1.86. The molecule has 0 N–H and O–H groups in total. The van der Waals surface area contributed by atoms with Crippen molar-refractivity contribution in [2.75, 3.05) is 13.7 Å². The molecule has 1 unspecified atom stereocenters. The van der Waals surface area contributed by atoms with Gasteiger partial charge in [-0.1, -0.05) is 42.8 Å². The third-order valence-corrected chi connectivity index (χ3v) is 2.88. The number of hydrogen-bond donors (Lipinski definition) is 0. The molecule has 0 aliphatic rings. The molecule has 3 nitrogen and oxygen atoms in total. The van der Waals surface area contributed by atoms with Gasteiger partial charge in [-0.2, -0.15) is 0 Å². The van der Waals surface area contributed by atoms with Crippen molar-refractivity contribution in [1.29, 1.82) is 0 Å². The molecular weight excluding hydrogens is 226 g/mol. The second kappa shape index (κ2) is 7.88. The minimum atomic E-state index is 0.0785. The van der Waals surface area contributed by atoms with Crippen LogP contribution >= 0.6 is 0 Å². The first-order valence-electron chi connectivity index (χ1n) is 6.49. The first-order valence-corrected chi connectivity index (χ1v) is 6.49. The van der Waals surface area contributed by atoms with Crippen LogP contribution in [-0.4, -0.2) is 19.4 Å². The smallest absolute Gasteiger partial charge is 0.106 e. The Bertz CT molecular complexity index is 388. The van der Waals surface area contributed by atoms with Gasteiger partial charge >= 0.3 is 0 Å². The first-order chi connectivity index (χ1) is 8.70. The zero-order valence-electron chi connectivity index (χ0n) is 11.8. The number of ether oxygens (including phenoxy) is 1. The van der Waals surface area contributed by atoms with Crippen LogP contribution in [0.1, 0.15) is 50.8 Å². The van der Waals surface area contributed by atoms with Gasteiger partial charge in [-0.05, 0) is 25.8 Å². The van der Waals surface area contributed by atoms with Crippen molar-refractivity contribution >= 4 is 5.71 Å². The van der Waals surface area contributed by atoms with Crippen molar-refractivity contribution in [3.8, 4) is 0 Å². The third-order valence-electron chi connectivity index (χ3n) is 2.88. The van der Waals surface area contributed by atoms with Crippen LogP contribution < -0.4 is 0 Å². The summed E-state index contributed by atoms with van der Waals surface area (Å²) in [7, 11) is 1.56. The highest BCUT2D eigenvalue weighted by molar-refractivity contribution is 5.99. The molecule has 0 amide bonds. The minimum Gasteiger partial charge on any atom is -0.399 e. The average molecular weight is 249 g/mol. The summed E-state index contributed by atoms with van der Waals surface area (Å²) in [5, 5.41) is 4.00. The van der Waals surface area contributed by atoms with Gasteiger partial charge in [0, 0.05) is 12.2 Å². The number of nitrogens with zero attached hydrogens (tertiary/aromatic N) is 1. The standard InChI is InChI=1S/C15H23NO2/c1-5-6-11-18-13(3)15-10-8-7-9-14(15)12(2)16-17-4/h7-10,13H,5-6,11H2,1-4H3/b16-12+. The predicted molar refractivity (Wildman–Crippen MR) is 74.9 cm³/mol. The summed E-state index contributed by atoms with van der Waals surface area (Å²) >= 11 is 0. The lowest BCUT2D eigenvalue weighted by Crippen LogP contribution is -2.08. The lowest BCUT2D eigenvalue weighted by molar-refractivity contribution is 0.0635. The van der Waals surface area contributed by atoms with Crippen LogP contribution in [0.5, 0.6) is 0 Å². The summed E-state index contributed by atoms with van der Waals surface area (Å²) < 4.78 is 5.84. The first kappa shape index (κ1) is 14.7. The van der Waals surface area contributed by atoms with Crippen molar-refractivity contribution in [3.63, 3.8) is 0 Å². The minimum absolute atomic E-state index is 0.0785. The molecule has 18 heavy (non-hydrogen) atoms. The molecular formula is C15H23NO2. The van der Waals surface area contributed by atoms with Gasteiger partial charge in [0.15, 0.2) is 0 Å². The Hall–Kier alpha value is -1.35. The molecule has 3 heteroatoms. The van der Waals surface area contributed by atoms with E-state index >= 15 is 0 Å². The highest BCUT2D eigenvalue weighted by atomic mass is 16.6. The van der Waals surface area contributed by atoms with E-state index in [1.165, 1.54) is 0 Å². The fourth-order valence-corrected chi connectivity index (χ4v) is 1.86. The van der Waals surface area contributed by atoms with Crippen LogP contribution in [0, 0.1) is 0 Å². The van der Waals surface area contributed by atoms with Crippen molar-refractivity contribution in [2.24, 2.45) is 5.16 Å². The van der Waals surface area contributed by atoms with Gasteiger partial charge in [-0.25, -0.2) is 0 Å². The van der Waals surface area contributed by atoms with E-state index in [9.17, 15) is 0 Å². The number of oxime groups is 1. The van der Waals surface area contributed by atoms with Gasteiger partial charge in [0.25, 0.3) is 0 Å². The molecule has 0 bridgehead atoms. The topological polar surface area (TPSA) is 30.8 Å². The molecule has 1 aromatic carbocycles. The van der Waals surface area contributed by atoms with Crippen LogP contribution in [-0.2, 0) is 9.57 Å². The Balaban J connectivity index is 2.84. The summed E-state index contributed by atoms with van der Waals surface area (Å²) in [6.07, 6.45) is 2.32. The van der Waals surface area contributed by atoms with Crippen LogP contribution in [0.2, 0.25) is 0 Å². The fraction of sp³-hybridized carbons (Fsp3) is 0.533. The SMILES string of the molecule is CCCCOC(C)c1ccccc1/C(C)=N/OC. The maximum atomic E-state index is 5.84. The summed E-state index contributed by atoms with van der Waals surface area (Å²) in [4.78, 5) is 4.84. The van der Waals surface area contributed by atoms with Gasteiger partial charge < -0.3 is 9.57 Å². The van der Waals surface area contributed by atoms with E-state index in [1.807, 2.05) is 25.1 Å². The van der Waals surface area contributed by atoms with Gasteiger partial charge in [0.05, 0.1) is 11.8 Å². The molecule has 0 saturated carbocycles. The van der Waals surface area contributed by atoms with E-state index in [2.05, 4.69) is 25.1 Å². The Labute approximate surface area is 110 Å².